The molecular weight excluding hydrogens is 250 g/mol. The van der Waals surface area contributed by atoms with Crippen LogP contribution in [-0.2, 0) is 15.6 Å². The number of aliphatic hydroxyl groups is 1. The van der Waals surface area contributed by atoms with Crippen LogP contribution in [0.15, 0.2) is 30.3 Å². The minimum absolute atomic E-state index is 0.0109. The molecule has 1 aromatic rings. The summed E-state index contributed by atoms with van der Waals surface area (Å²) >= 11 is 0. The molecule has 102 valence electrons. The molecule has 1 rings (SSSR count). The largest absolute Gasteiger partial charge is 0.384 e. The van der Waals surface area contributed by atoms with Gasteiger partial charge in [-0.15, -0.1) is 0 Å². The highest BCUT2D eigenvalue weighted by Crippen LogP contribution is 2.19. The van der Waals surface area contributed by atoms with Gasteiger partial charge in [0.1, 0.15) is 5.60 Å². The topological polar surface area (TPSA) is 66.4 Å². The molecule has 5 heteroatoms. The SMILES string of the molecule is CCCCS(=O)(=O)NCC(C)(O)c1ccccc1. The van der Waals surface area contributed by atoms with Crippen LogP contribution in [0.4, 0.5) is 0 Å². The normalized spacial score (nSPS) is 15.3. The highest BCUT2D eigenvalue weighted by atomic mass is 32.2. The minimum atomic E-state index is -3.29. The standard InChI is InChI=1S/C13H21NO3S/c1-3-4-10-18(16,17)14-11-13(2,15)12-8-6-5-7-9-12/h5-9,14-15H,3-4,10-11H2,1-2H3. The fourth-order valence-electron chi connectivity index (χ4n) is 1.56. The first-order valence-electron chi connectivity index (χ1n) is 6.12. The van der Waals surface area contributed by atoms with Gasteiger partial charge in [0.25, 0.3) is 0 Å². The Kier molecular flexibility index (Phi) is 5.31. The summed E-state index contributed by atoms with van der Waals surface area (Å²) in [6.45, 7) is 3.53. The predicted molar refractivity (Wildman–Crippen MR) is 72.7 cm³/mol. The van der Waals surface area contributed by atoms with Crippen molar-refractivity contribution in [3.8, 4) is 0 Å². The molecule has 0 radical (unpaired) electrons. The molecule has 0 saturated carbocycles. The zero-order valence-electron chi connectivity index (χ0n) is 10.9. The van der Waals surface area contributed by atoms with E-state index in [0.717, 1.165) is 6.42 Å². The van der Waals surface area contributed by atoms with Crippen LogP contribution in [0.25, 0.3) is 0 Å². The number of unbranched alkanes of at least 4 members (excludes halogenated alkanes) is 1. The van der Waals surface area contributed by atoms with Gasteiger partial charge in [-0.2, -0.15) is 0 Å². The molecule has 2 N–H and O–H groups in total. The second-order valence-electron chi connectivity index (χ2n) is 4.63. The van der Waals surface area contributed by atoms with Crippen LogP contribution in [0.1, 0.15) is 32.3 Å². The third-order valence-electron chi connectivity index (χ3n) is 2.80. The second kappa shape index (κ2) is 6.31. The van der Waals surface area contributed by atoms with Gasteiger partial charge in [0, 0.05) is 6.54 Å². The maximum atomic E-state index is 11.6. The molecule has 0 aliphatic carbocycles. The van der Waals surface area contributed by atoms with E-state index in [4.69, 9.17) is 0 Å². The summed E-state index contributed by atoms with van der Waals surface area (Å²) in [6, 6.07) is 9.04. The second-order valence-corrected chi connectivity index (χ2v) is 6.56. The van der Waals surface area contributed by atoms with E-state index in [1.54, 1.807) is 19.1 Å². The maximum Gasteiger partial charge on any atom is 0.211 e. The Morgan fingerprint density at radius 3 is 2.44 bits per heavy atom. The Hall–Kier alpha value is -0.910. The summed E-state index contributed by atoms with van der Waals surface area (Å²) in [5, 5.41) is 10.2. The number of benzene rings is 1. The number of hydrogen-bond acceptors (Lipinski definition) is 3. The van der Waals surface area contributed by atoms with E-state index >= 15 is 0 Å². The van der Waals surface area contributed by atoms with E-state index < -0.39 is 15.6 Å². The number of rotatable bonds is 7. The molecular formula is C13H21NO3S. The van der Waals surface area contributed by atoms with E-state index in [-0.39, 0.29) is 12.3 Å². The van der Waals surface area contributed by atoms with Gasteiger partial charge >= 0.3 is 0 Å². The van der Waals surface area contributed by atoms with Crippen molar-refractivity contribution in [2.24, 2.45) is 0 Å². The van der Waals surface area contributed by atoms with Crippen LogP contribution in [0.3, 0.4) is 0 Å². The average molecular weight is 271 g/mol. The van der Waals surface area contributed by atoms with E-state index in [1.165, 1.54) is 0 Å². The van der Waals surface area contributed by atoms with Crippen molar-refractivity contribution >= 4 is 10.0 Å². The van der Waals surface area contributed by atoms with Crippen LogP contribution < -0.4 is 4.72 Å². The maximum absolute atomic E-state index is 11.6. The van der Waals surface area contributed by atoms with E-state index in [2.05, 4.69) is 4.72 Å². The van der Waals surface area contributed by atoms with Crippen molar-refractivity contribution in [1.82, 2.24) is 4.72 Å². The molecule has 0 bridgehead atoms. The lowest BCUT2D eigenvalue weighted by atomic mass is 9.97. The van der Waals surface area contributed by atoms with Crippen molar-refractivity contribution in [2.45, 2.75) is 32.3 Å². The van der Waals surface area contributed by atoms with Crippen LogP contribution in [0, 0.1) is 0 Å². The Morgan fingerprint density at radius 2 is 1.89 bits per heavy atom. The molecule has 0 aliphatic rings. The van der Waals surface area contributed by atoms with Gasteiger partial charge in [0.15, 0.2) is 0 Å². The van der Waals surface area contributed by atoms with Gasteiger partial charge in [0.2, 0.25) is 10.0 Å². The van der Waals surface area contributed by atoms with Gasteiger partial charge in [-0.1, -0.05) is 43.7 Å². The van der Waals surface area contributed by atoms with E-state index in [0.29, 0.717) is 12.0 Å². The minimum Gasteiger partial charge on any atom is -0.384 e. The summed E-state index contributed by atoms with van der Waals surface area (Å²) in [5.74, 6) is 0.106. The molecule has 0 aliphatic heterocycles. The highest BCUT2D eigenvalue weighted by Gasteiger charge is 2.24. The molecule has 0 saturated heterocycles. The van der Waals surface area contributed by atoms with Gasteiger partial charge in [0.05, 0.1) is 5.75 Å². The van der Waals surface area contributed by atoms with Crippen LogP contribution in [0.5, 0.6) is 0 Å². The van der Waals surface area contributed by atoms with Crippen molar-refractivity contribution < 1.29 is 13.5 Å². The summed E-state index contributed by atoms with van der Waals surface area (Å²) in [6.07, 6.45) is 1.46. The Labute approximate surface area is 109 Å². The number of nitrogens with one attached hydrogen (secondary N) is 1. The fourth-order valence-corrected chi connectivity index (χ4v) is 2.87. The van der Waals surface area contributed by atoms with Gasteiger partial charge in [-0.3, -0.25) is 0 Å². The number of sulfonamides is 1. The van der Waals surface area contributed by atoms with Crippen molar-refractivity contribution in [3.63, 3.8) is 0 Å². The smallest absolute Gasteiger partial charge is 0.211 e. The first kappa shape index (κ1) is 15.1. The quantitative estimate of drug-likeness (QED) is 0.792. The molecule has 4 nitrogen and oxygen atoms in total. The first-order chi connectivity index (χ1) is 8.37. The first-order valence-corrected chi connectivity index (χ1v) is 7.78. The third kappa shape index (κ3) is 4.76. The highest BCUT2D eigenvalue weighted by molar-refractivity contribution is 7.89. The average Bonchev–Trinajstić information content (AvgIpc) is 2.36. The molecule has 0 spiro atoms. The van der Waals surface area contributed by atoms with Crippen molar-refractivity contribution in [3.05, 3.63) is 35.9 Å². The molecule has 0 aromatic heterocycles. The molecule has 1 aromatic carbocycles. The molecule has 1 unspecified atom stereocenters. The molecule has 0 fully saturated rings. The molecule has 0 heterocycles. The predicted octanol–water partition coefficient (Wildman–Crippen LogP) is 1.61. The van der Waals surface area contributed by atoms with Gasteiger partial charge in [-0.05, 0) is 18.9 Å². The number of hydrogen-bond donors (Lipinski definition) is 2. The van der Waals surface area contributed by atoms with E-state index in [1.807, 2.05) is 25.1 Å². The lowest BCUT2D eigenvalue weighted by Crippen LogP contribution is -2.39. The molecule has 0 amide bonds. The summed E-state index contributed by atoms with van der Waals surface area (Å²) in [7, 11) is -3.29. The Morgan fingerprint density at radius 1 is 1.28 bits per heavy atom. The van der Waals surface area contributed by atoms with Crippen LogP contribution >= 0.6 is 0 Å². The Balaban J connectivity index is 2.62. The van der Waals surface area contributed by atoms with Crippen molar-refractivity contribution in [2.75, 3.05) is 12.3 Å². The molecule has 18 heavy (non-hydrogen) atoms. The van der Waals surface area contributed by atoms with Gasteiger partial charge in [-0.25, -0.2) is 13.1 Å². The van der Waals surface area contributed by atoms with E-state index in [9.17, 15) is 13.5 Å². The van der Waals surface area contributed by atoms with Crippen LogP contribution in [0.2, 0.25) is 0 Å². The summed E-state index contributed by atoms with van der Waals surface area (Å²) in [5.41, 5.74) is -0.497. The fraction of sp³-hybridized carbons (Fsp3) is 0.538. The Bertz CT molecular complexity index is 454. The van der Waals surface area contributed by atoms with Crippen molar-refractivity contribution in [1.29, 1.82) is 0 Å². The molecule has 1 atom stereocenters. The summed E-state index contributed by atoms with van der Waals surface area (Å²) in [4.78, 5) is 0. The lowest BCUT2D eigenvalue weighted by Gasteiger charge is -2.24. The third-order valence-corrected chi connectivity index (χ3v) is 4.21. The summed E-state index contributed by atoms with van der Waals surface area (Å²) < 4.78 is 25.7. The monoisotopic (exact) mass is 271 g/mol. The van der Waals surface area contributed by atoms with Gasteiger partial charge < -0.3 is 5.11 Å². The lowest BCUT2D eigenvalue weighted by molar-refractivity contribution is 0.0627. The zero-order valence-corrected chi connectivity index (χ0v) is 11.7. The van der Waals surface area contributed by atoms with Crippen LogP contribution in [-0.4, -0.2) is 25.8 Å². The zero-order chi connectivity index (χ0) is 13.6.